The first-order chi connectivity index (χ1) is 9.41. The molecule has 1 aliphatic heterocycles. The van der Waals surface area contributed by atoms with Crippen LogP contribution in [0.3, 0.4) is 0 Å². The van der Waals surface area contributed by atoms with Gasteiger partial charge < -0.3 is 10.3 Å². The maximum absolute atomic E-state index is 12.1. The summed E-state index contributed by atoms with van der Waals surface area (Å²) in [6.45, 7) is 4.61. The fraction of sp³-hybridized carbons (Fsp3) is 0.357. The predicted molar refractivity (Wildman–Crippen MR) is 85.9 cm³/mol. The molecule has 2 atom stereocenters. The van der Waals surface area contributed by atoms with Crippen molar-refractivity contribution in [3.8, 4) is 0 Å². The second kappa shape index (κ2) is 4.93. The van der Waals surface area contributed by atoms with Crippen molar-refractivity contribution in [1.29, 1.82) is 0 Å². The van der Waals surface area contributed by atoms with Gasteiger partial charge in [-0.15, -0.1) is 0 Å². The molecule has 0 saturated carbocycles. The van der Waals surface area contributed by atoms with Gasteiger partial charge in [-0.3, -0.25) is 4.79 Å². The van der Waals surface area contributed by atoms with Gasteiger partial charge in [-0.2, -0.15) is 0 Å². The molecule has 1 aromatic carbocycles. The van der Waals surface area contributed by atoms with Crippen molar-refractivity contribution >= 4 is 55.9 Å². The van der Waals surface area contributed by atoms with Crippen LogP contribution in [0, 0.1) is 0 Å². The molecule has 20 heavy (non-hydrogen) atoms. The molecule has 0 aliphatic carbocycles. The predicted octanol–water partition coefficient (Wildman–Crippen LogP) is 4.57. The van der Waals surface area contributed by atoms with Crippen molar-refractivity contribution in [1.82, 2.24) is 10.3 Å². The maximum Gasteiger partial charge on any atom is 0.227 e. The molecule has 1 amide bonds. The van der Waals surface area contributed by atoms with E-state index in [1.807, 2.05) is 6.92 Å². The number of amides is 1. The Morgan fingerprint density at radius 1 is 1.35 bits per heavy atom. The second-order valence-corrected chi connectivity index (χ2v) is 6.86. The summed E-state index contributed by atoms with van der Waals surface area (Å²) in [4.78, 5) is 15.5. The third kappa shape index (κ3) is 1.97. The summed E-state index contributed by atoms with van der Waals surface area (Å²) < 4.78 is 0.855. The van der Waals surface area contributed by atoms with Crippen molar-refractivity contribution < 1.29 is 4.79 Å². The number of aromatic nitrogens is 1. The van der Waals surface area contributed by atoms with Crippen LogP contribution < -0.4 is 5.32 Å². The van der Waals surface area contributed by atoms with Gasteiger partial charge in [-0.05, 0) is 18.6 Å². The van der Waals surface area contributed by atoms with E-state index >= 15 is 0 Å². The highest BCUT2D eigenvalue weighted by Crippen LogP contribution is 2.43. The summed E-state index contributed by atoms with van der Waals surface area (Å²) in [6, 6.07) is 1.78. The lowest BCUT2D eigenvalue weighted by atomic mass is 9.94. The summed E-state index contributed by atoms with van der Waals surface area (Å²) >= 11 is 16.0. The monoisotopic (exact) mass is 374 g/mol. The molecular weight excluding hydrogens is 363 g/mol. The van der Waals surface area contributed by atoms with E-state index in [9.17, 15) is 4.79 Å². The van der Waals surface area contributed by atoms with Crippen molar-refractivity contribution in [2.24, 2.45) is 0 Å². The molecule has 0 fully saturated rings. The summed E-state index contributed by atoms with van der Waals surface area (Å²) in [5, 5.41) is 4.89. The van der Waals surface area contributed by atoms with Crippen LogP contribution in [0.4, 0.5) is 0 Å². The Kier molecular flexibility index (Phi) is 3.51. The lowest BCUT2D eigenvalue weighted by Gasteiger charge is -2.10. The standard InChI is InChI=1S/C14H13BrCl2N2O/c1-5-4-18-14(20)6(2)9-10-7(15)3-8(16)11(17)13(10)19-12(5)9/h3,5-6,19H,4H2,1-2H3,(H,18,20). The number of H-pyrrole nitrogens is 1. The van der Waals surface area contributed by atoms with Crippen LogP contribution in [0.2, 0.25) is 10.0 Å². The van der Waals surface area contributed by atoms with Crippen LogP contribution in [0.25, 0.3) is 10.9 Å². The molecule has 2 unspecified atom stereocenters. The lowest BCUT2D eigenvalue weighted by Crippen LogP contribution is -2.27. The molecule has 6 heteroatoms. The zero-order chi connectivity index (χ0) is 14.6. The van der Waals surface area contributed by atoms with Gasteiger partial charge in [0.15, 0.2) is 0 Å². The van der Waals surface area contributed by atoms with E-state index in [1.54, 1.807) is 6.07 Å². The van der Waals surface area contributed by atoms with Gasteiger partial charge >= 0.3 is 0 Å². The molecule has 106 valence electrons. The third-order valence-corrected chi connectivity index (χ3v) is 5.31. The van der Waals surface area contributed by atoms with Gasteiger partial charge in [0, 0.05) is 28.0 Å². The average Bonchev–Trinajstić information content (AvgIpc) is 2.77. The Labute approximate surface area is 135 Å². The number of carbonyl (C=O) groups excluding carboxylic acids is 1. The summed E-state index contributed by atoms with van der Waals surface area (Å²) in [7, 11) is 0. The Balaban J connectivity index is 2.43. The first kappa shape index (κ1) is 14.2. The Bertz CT molecular complexity index is 726. The van der Waals surface area contributed by atoms with Crippen LogP contribution in [-0.4, -0.2) is 17.4 Å². The molecule has 2 heterocycles. The van der Waals surface area contributed by atoms with Crippen LogP contribution in [0.5, 0.6) is 0 Å². The molecule has 1 aliphatic rings. The van der Waals surface area contributed by atoms with E-state index < -0.39 is 0 Å². The number of nitrogens with one attached hydrogen (secondary N) is 2. The Hall–Kier alpha value is -0.710. The van der Waals surface area contributed by atoms with Crippen LogP contribution in [-0.2, 0) is 4.79 Å². The summed E-state index contributed by atoms with van der Waals surface area (Å²) in [5.41, 5.74) is 2.85. The molecule has 0 bridgehead atoms. The average molecular weight is 376 g/mol. The van der Waals surface area contributed by atoms with E-state index in [0.29, 0.717) is 16.6 Å². The topological polar surface area (TPSA) is 44.9 Å². The molecule has 3 nitrogen and oxygen atoms in total. The number of rotatable bonds is 0. The van der Waals surface area contributed by atoms with Crippen molar-refractivity contribution in [3.63, 3.8) is 0 Å². The molecule has 2 N–H and O–H groups in total. The zero-order valence-electron chi connectivity index (χ0n) is 11.0. The smallest absolute Gasteiger partial charge is 0.227 e. The van der Waals surface area contributed by atoms with Gasteiger partial charge in [-0.25, -0.2) is 0 Å². The minimum Gasteiger partial charge on any atom is -0.357 e. The van der Waals surface area contributed by atoms with E-state index in [0.717, 1.165) is 26.6 Å². The number of carbonyl (C=O) groups is 1. The van der Waals surface area contributed by atoms with Gasteiger partial charge in [-0.1, -0.05) is 46.1 Å². The normalized spacial score (nSPS) is 22.6. The summed E-state index contributed by atoms with van der Waals surface area (Å²) in [6.07, 6.45) is 0. The van der Waals surface area contributed by atoms with Crippen LogP contribution in [0.15, 0.2) is 10.5 Å². The molecule has 2 aromatic rings. The first-order valence-corrected chi connectivity index (χ1v) is 7.93. The van der Waals surface area contributed by atoms with Gasteiger partial charge in [0.05, 0.1) is 21.5 Å². The number of benzene rings is 1. The van der Waals surface area contributed by atoms with E-state index in [-0.39, 0.29) is 17.7 Å². The lowest BCUT2D eigenvalue weighted by molar-refractivity contribution is -0.122. The Morgan fingerprint density at radius 3 is 2.75 bits per heavy atom. The number of aromatic amines is 1. The molecular formula is C14H13BrCl2N2O. The largest absolute Gasteiger partial charge is 0.357 e. The number of fused-ring (bicyclic) bond motifs is 3. The quantitative estimate of drug-likeness (QED) is 0.650. The number of hydrogen-bond acceptors (Lipinski definition) is 1. The van der Waals surface area contributed by atoms with Crippen LogP contribution in [0.1, 0.15) is 36.9 Å². The SMILES string of the molecule is CC1CNC(=O)C(C)c2c1[nH]c1c(Cl)c(Cl)cc(Br)c21. The zero-order valence-corrected chi connectivity index (χ0v) is 14.1. The molecule has 0 saturated heterocycles. The summed E-state index contributed by atoms with van der Waals surface area (Å²) in [5.74, 6) is 0.0137. The maximum atomic E-state index is 12.1. The molecule has 1 aromatic heterocycles. The molecule has 3 rings (SSSR count). The van der Waals surface area contributed by atoms with Gasteiger partial charge in [0.2, 0.25) is 5.91 Å². The van der Waals surface area contributed by atoms with Crippen molar-refractivity contribution in [3.05, 3.63) is 31.8 Å². The first-order valence-electron chi connectivity index (χ1n) is 6.38. The highest BCUT2D eigenvalue weighted by Gasteiger charge is 2.31. The number of halogens is 3. The highest BCUT2D eigenvalue weighted by molar-refractivity contribution is 9.10. The van der Waals surface area contributed by atoms with Gasteiger partial charge in [0.25, 0.3) is 0 Å². The van der Waals surface area contributed by atoms with Gasteiger partial charge in [0.1, 0.15) is 0 Å². The minimum absolute atomic E-state index is 0.0365. The minimum atomic E-state index is -0.225. The van der Waals surface area contributed by atoms with E-state index in [1.165, 1.54) is 0 Å². The van der Waals surface area contributed by atoms with Crippen molar-refractivity contribution in [2.75, 3.05) is 6.54 Å². The molecule has 0 spiro atoms. The molecule has 0 radical (unpaired) electrons. The number of hydrogen-bond donors (Lipinski definition) is 2. The van der Waals surface area contributed by atoms with Crippen LogP contribution >= 0.6 is 39.1 Å². The fourth-order valence-electron chi connectivity index (χ4n) is 2.79. The highest BCUT2D eigenvalue weighted by atomic mass is 79.9. The van der Waals surface area contributed by atoms with E-state index in [2.05, 4.69) is 33.2 Å². The third-order valence-electron chi connectivity index (χ3n) is 3.89. The fourth-order valence-corrected chi connectivity index (χ4v) is 3.96. The Morgan fingerprint density at radius 2 is 2.05 bits per heavy atom. The van der Waals surface area contributed by atoms with Crippen molar-refractivity contribution in [2.45, 2.75) is 25.7 Å². The van der Waals surface area contributed by atoms with E-state index in [4.69, 9.17) is 23.2 Å². The second-order valence-electron chi connectivity index (χ2n) is 5.22.